The maximum Gasteiger partial charge on any atom is 0.573 e. The van der Waals surface area contributed by atoms with Gasteiger partial charge in [-0.15, -0.1) is 13.2 Å². The lowest BCUT2D eigenvalue weighted by Crippen LogP contribution is -2.52. The van der Waals surface area contributed by atoms with Crippen molar-refractivity contribution in [1.29, 1.82) is 0 Å². The summed E-state index contributed by atoms with van der Waals surface area (Å²) in [6.07, 6.45) is -3.12. The van der Waals surface area contributed by atoms with Crippen molar-refractivity contribution in [1.82, 2.24) is 14.9 Å². The van der Waals surface area contributed by atoms with Crippen molar-refractivity contribution in [3.63, 3.8) is 0 Å². The average Bonchev–Trinajstić information content (AvgIpc) is 2.64. The van der Waals surface area contributed by atoms with Gasteiger partial charge in [0.2, 0.25) is 5.95 Å². The molecule has 1 aromatic carbocycles. The van der Waals surface area contributed by atoms with Crippen molar-refractivity contribution in [2.75, 3.05) is 43.6 Å². The summed E-state index contributed by atoms with van der Waals surface area (Å²) in [4.78, 5) is 11.1. The fourth-order valence-electron chi connectivity index (χ4n) is 2.87. The van der Waals surface area contributed by atoms with Crippen molar-refractivity contribution in [2.24, 2.45) is 0 Å². The Morgan fingerprint density at radius 1 is 1.21 bits per heavy atom. The Morgan fingerprint density at radius 2 is 1.93 bits per heavy atom. The van der Waals surface area contributed by atoms with Crippen molar-refractivity contribution < 1.29 is 26.7 Å². The maximum absolute atomic E-state index is 13.2. The number of benzene rings is 1. The Bertz CT molecular complexity index is 802. The van der Waals surface area contributed by atoms with Crippen LogP contribution in [-0.2, 0) is 0 Å². The van der Waals surface area contributed by atoms with Gasteiger partial charge in [-0.25, -0.2) is 18.7 Å². The number of nitrogens with one attached hydrogen (secondary N) is 1. The topological polar surface area (TPSA) is 53.5 Å². The van der Waals surface area contributed by atoms with Gasteiger partial charge >= 0.3 is 6.36 Å². The van der Waals surface area contributed by atoms with E-state index in [1.807, 2.05) is 16.8 Å². The Kier molecular flexibility index (Phi) is 5.82. The lowest BCUT2D eigenvalue weighted by molar-refractivity contribution is -0.274. The molecule has 0 radical (unpaired) electrons. The van der Waals surface area contributed by atoms with Gasteiger partial charge in [-0.05, 0) is 25.2 Å². The average molecular weight is 403 g/mol. The number of hydrogen-bond acceptors (Lipinski definition) is 6. The molecule has 0 bridgehead atoms. The highest BCUT2D eigenvalue weighted by molar-refractivity contribution is 5.69. The van der Waals surface area contributed by atoms with Crippen LogP contribution < -0.4 is 15.0 Å². The molecule has 1 saturated heterocycles. The van der Waals surface area contributed by atoms with Crippen LogP contribution in [0.1, 0.15) is 0 Å². The standard InChI is InChI=1S/C17H18F5N5O/c1-26-4-5-27(10-13(26)7-18)12-2-3-15(28-17(20,21)22)14(6-12)25-16-23-8-11(19)9-24-16/h2-3,6,8-9,13H,4-5,7,10H2,1H3,(H,23,24,25). The van der Waals surface area contributed by atoms with E-state index in [-0.39, 0.29) is 17.7 Å². The van der Waals surface area contributed by atoms with Crippen molar-refractivity contribution >= 4 is 17.3 Å². The molecular weight excluding hydrogens is 385 g/mol. The van der Waals surface area contributed by atoms with Crippen molar-refractivity contribution in [3.8, 4) is 5.75 Å². The molecule has 0 aliphatic carbocycles. The molecule has 11 heteroatoms. The minimum absolute atomic E-state index is 0.0443. The summed E-state index contributed by atoms with van der Waals surface area (Å²) in [6, 6.07) is 3.77. The molecule has 1 aliphatic rings. The van der Waals surface area contributed by atoms with E-state index < -0.39 is 24.6 Å². The second kappa shape index (κ2) is 8.13. The smallest absolute Gasteiger partial charge is 0.404 e. The molecule has 2 heterocycles. The number of hydrogen-bond donors (Lipinski definition) is 1. The molecule has 1 unspecified atom stereocenters. The Labute approximate surface area is 157 Å². The number of alkyl halides is 4. The number of aromatic nitrogens is 2. The molecule has 28 heavy (non-hydrogen) atoms. The molecule has 2 aromatic rings. The molecule has 1 aliphatic heterocycles. The lowest BCUT2D eigenvalue weighted by atomic mass is 10.1. The van der Waals surface area contributed by atoms with Gasteiger partial charge in [-0.2, -0.15) is 0 Å². The highest BCUT2D eigenvalue weighted by Crippen LogP contribution is 2.35. The predicted octanol–water partition coefficient (Wildman–Crippen LogP) is 3.35. The number of anilines is 3. The van der Waals surface area contributed by atoms with Crippen LogP contribution in [0.15, 0.2) is 30.6 Å². The number of rotatable bonds is 5. The highest BCUT2D eigenvalue weighted by Gasteiger charge is 2.33. The zero-order chi connectivity index (χ0) is 20.3. The van der Waals surface area contributed by atoms with Crippen molar-refractivity contribution in [2.45, 2.75) is 12.4 Å². The molecule has 3 rings (SSSR count). The molecule has 0 saturated carbocycles. The number of halogens is 5. The molecule has 152 valence electrons. The number of nitrogens with zero attached hydrogens (tertiary/aromatic N) is 4. The van der Waals surface area contributed by atoms with Gasteiger partial charge in [0, 0.05) is 25.3 Å². The quantitative estimate of drug-likeness (QED) is 0.773. The van der Waals surface area contributed by atoms with E-state index in [9.17, 15) is 22.0 Å². The fourth-order valence-corrected chi connectivity index (χ4v) is 2.87. The van der Waals surface area contributed by atoms with E-state index >= 15 is 0 Å². The first-order valence-corrected chi connectivity index (χ1v) is 8.40. The fraction of sp³-hybridized carbons (Fsp3) is 0.412. The molecule has 1 fully saturated rings. The van der Waals surface area contributed by atoms with Gasteiger partial charge in [-0.1, -0.05) is 0 Å². The van der Waals surface area contributed by atoms with Crippen LogP contribution >= 0.6 is 0 Å². The molecule has 0 amide bonds. The van der Waals surface area contributed by atoms with E-state index in [0.717, 1.165) is 18.5 Å². The monoisotopic (exact) mass is 403 g/mol. The number of piperazine rings is 1. The van der Waals surface area contributed by atoms with Crippen LogP contribution in [0.25, 0.3) is 0 Å². The predicted molar refractivity (Wildman–Crippen MR) is 93.0 cm³/mol. The highest BCUT2D eigenvalue weighted by atomic mass is 19.4. The number of likely N-dealkylation sites (N-methyl/N-ethyl adjacent to an activating group) is 1. The summed E-state index contributed by atoms with van der Waals surface area (Å²) >= 11 is 0. The minimum Gasteiger partial charge on any atom is -0.404 e. The molecular formula is C17H18F5N5O. The van der Waals surface area contributed by atoms with E-state index in [0.29, 0.717) is 25.3 Å². The molecule has 6 nitrogen and oxygen atoms in total. The third-order valence-electron chi connectivity index (χ3n) is 4.38. The maximum atomic E-state index is 13.2. The molecule has 1 aromatic heterocycles. The van der Waals surface area contributed by atoms with Crippen LogP contribution in [-0.4, -0.2) is 60.6 Å². The third-order valence-corrected chi connectivity index (χ3v) is 4.38. The largest absolute Gasteiger partial charge is 0.573 e. The first kappa shape index (κ1) is 20.1. The van der Waals surface area contributed by atoms with Gasteiger partial charge in [0.15, 0.2) is 11.6 Å². The van der Waals surface area contributed by atoms with E-state index in [1.54, 1.807) is 0 Å². The SMILES string of the molecule is CN1CCN(c2ccc(OC(F)(F)F)c(Nc3ncc(F)cn3)c2)CC1CF. The van der Waals surface area contributed by atoms with Crippen LogP contribution in [0.2, 0.25) is 0 Å². The Morgan fingerprint density at radius 3 is 2.57 bits per heavy atom. The summed E-state index contributed by atoms with van der Waals surface area (Å²) in [7, 11) is 1.82. The molecule has 1 N–H and O–H groups in total. The van der Waals surface area contributed by atoms with E-state index in [4.69, 9.17) is 0 Å². The second-order valence-electron chi connectivity index (χ2n) is 6.31. The van der Waals surface area contributed by atoms with E-state index in [2.05, 4.69) is 20.0 Å². The lowest BCUT2D eigenvalue weighted by Gasteiger charge is -2.39. The molecule has 1 atom stereocenters. The summed E-state index contributed by atoms with van der Waals surface area (Å²) < 4.78 is 68.4. The van der Waals surface area contributed by atoms with Gasteiger partial charge < -0.3 is 15.0 Å². The summed E-state index contributed by atoms with van der Waals surface area (Å²) in [5.74, 6) is -1.26. The van der Waals surface area contributed by atoms with Gasteiger partial charge in [0.05, 0.1) is 24.1 Å². The normalized spacial score (nSPS) is 18.2. The number of ether oxygens (including phenoxy) is 1. The Balaban J connectivity index is 1.89. The second-order valence-corrected chi connectivity index (χ2v) is 6.31. The Hall–Kier alpha value is -2.69. The first-order valence-electron chi connectivity index (χ1n) is 8.40. The van der Waals surface area contributed by atoms with Crippen LogP contribution in [0.5, 0.6) is 5.75 Å². The summed E-state index contributed by atoms with van der Waals surface area (Å²) in [6.45, 7) is 1.05. The van der Waals surface area contributed by atoms with Gasteiger partial charge in [0.1, 0.15) is 6.67 Å². The van der Waals surface area contributed by atoms with E-state index in [1.165, 1.54) is 12.1 Å². The summed E-state index contributed by atoms with van der Waals surface area (Å²) in [5, 5.41) is 2.61. The minimum atomic E-state index is -4.89. The molecule has 0 spiro atoms. The third kappa shape index (κ3) is 4.97. The summed E-state index contributed by atoms with van der Waals surface area (Å²) in [5.41, 5.74) is 0.544. The van der Waals surface area contributed by atoms with Crippen LogP contribution in [0, 0.1) is 5.82 Å². The van der Waals surface area contributed by atoms with Gasteiger partial charge in [0.25, 0.3) is 0 Å². The zero-order valence-electron chi connectivity index (χ0n) is 14.9. The zero-order valence-corrected chi connectivity index (χ0v) is 14.9. The van der Waals surface area contributed by atoms with Crippen molar-refractivity contribution in [3.05, 3.63) is 36.4 Å². The van der Waals surface area contributed by atoms with Crippen LogP contribution in [0.3, 0.4) is 0 Å². The van der Waals surface area contributed by atoms with Crippen LogP contribution in [0.4, 0.5) is 39.3 Å². The van der Waals surface area contributed by atoms with Gasteiger partial charge in [-0.3, -0.25) is 4.90 Å². The first-order chi connectivity index (χ1) is 13.2.